The topological polar surface area (TPSA) is 81.9 Å². The highest BCUT2D eigenvalue weighted by atomic mass is 35.5. The number of halogens is 1. The van der Waals surface area contributed by atoms with Crippen molar-refractivity contribution in [2.75, 3.05) is 12.4 Å². The Labute approximate surface area is 182 Å². The van der Waals surface area contributed by atoms with Gasteiger partial charge < -0.3 is 4.74 Å². The molecule has 1 amide bonds. The van der Waals surface area contributed by atoms with Gasteiger partial charge in [-0.2, -0.15) is 0 Å². The second kappa shape index (κ2) is 9.17. The Morgan fingerprint density at radius 2 is 2.03 bits per heavy atom. The molecule has 0 saturated carbocycles. The lowest BCUT2D eigenvalue weighted by atomic mass is 10.1. The molecule has 0 bridgehead atoms. The molecule has 30 heavy (non-hydrogen) atoms. The third-order valence-corrected chi connectivity index (χ3v) is 5.45. The Kier molecular flexibility index (Phi) is 6.18. The summed E-state index contributed by atoms with van der Waals surface area (Å²) < 4.78 is 6.87. The van der Waals surface area contributed by atoms with E-state index in [4.69, 9.17) is 16.3 Å². The van der Waals surface area contributed by atoms with E-state index in [1.165, 1.54) is 11.3 Å². The molecule has 1 N–H and O–H groups in total. The summed E-state index contributed by atoms with van der Waals surface area (Å²) in [6.45, 7) is 0.197. The molecule has 4 rings (SSSR count). The number of hydrogen-bond acceptors (Lipinski definition) is 6. The zero-order valence-corrected chi connectivity index (χ0v) is 17.7. The van der Waals surface area contributed by atoms with Crippen molar-refractivity contribution >= 4 is 34.0 Å². The number of hydrogen-bond donors (Lipinski definition) is 1. The van der Waals surface area contributed by atoms with E-state index in [1.807, 2.05) is 54.6 Å². The molecule has 0 saturated heterocycles. The standard InChI is InChI=1S/C21H18ClN5O2S/c1-29-13-18-19(25-26-27(18)16-8-3-2-4-9-16)20(28)24-21-23-12-17(30-21)11-14-6-5-7-15(22)10-14/h2-10,12H,11,13H2,1H3,(H,23,24,28). The summed E-state index contributed by atoms with van der Waals surface area (Å²) in [6, 6.07) is 17.1. The lowest BCUT2D eigenvalue weighted by Gasteiger charge is -2.07. The first-order chi connectivity index (χ1) is 14.6. The van der Waals surface area contributed by atoms with Gasteiger partial charge in [-0.15, -0.1) is 16.4 Å². The minimum atomic E-state index is -0.382. The minimum Gasteiger partial charge on any atom is -0.378 e. The second-order valence-electron chi connectivity index (χ2n) is 6.46. The van der Waals surface area contributed by atoms with Crippen LogP contribution in [0.1, 0.15) is 26.6 Å². The number of thiazole rings is 1. The Bertz CT molecular complexity index is 1160. The number of anilines is 1. The first kappa shape index (κ1) is 20.2. The number of amides is 1. The summed E-state index contributed by atoms with van der Waals surface area (Å²) in [5.74, 6) is -0.382. The molecule has 2 heterocycles. The molecule has 0 radical (unpaired) electrons. The highest BCUT2D eigenvalue weighted by molar-refractivity contribution is 7.15. The van der Waals surface area contributed by atoms with Gasteiger partial charge in [-0.25, -0.2) is 9.67 Å². The van der Waals surface area contributed by atoms with Crippen molar-refractivity contribution < 1.29 is 9.53 Å². The van der Waals surface area contributed by atoms with Gasteiger partial charge >= 0.3 is 0 Å². The Hall–Kier alpha value is -3.07. The summed E-state index contributed by atoms with van der Waals surface area (Å²) >= 11 is 7.45. The normalized spacial score (nSPS) is 10.9. The monoisotopic (exact) mass is 439 g/mol. The molecular formula is C21H18ClN5O2S. The summed E-state index contributed by atoms with van der Waals surface area (Å²) in [5.41, 5.74) is 2.65. The van der Waals surface area contributed by atoms with Crippen LogP contribution in [0.5, 0.6) is 0 Å². The zero-order valence-electron chi connectivity index (χ0n) is 16.1. The number of rotatable bonds is 7. The molecule has 0 fully saturated rings. The van der Waals surface area contributed by atoms with E-state index >= 15 is 0 Å². The van der Waals surface area contributed by atoms with Crippen molar-refractivity contribution in [3.8, 4) is 5.69 Å². The molecule has 7 nitrogen and oxygen atoms in total. The fourth-order valence-electron chi connectivity index (χ4n) is 2.97. The van der Waals surface area contributed by atoms with Crippen LogP contribution in [0.3, 0.4) is 0 Å². The number of aromatic nitrogens is 4. The summed E-state index contributed by atoms with van der Waals surface area (Å²) in [4.78, 5) is 18.2. The van der Waals surface area contributed by atoms with Crippen LogP contribution in [0.15, 0.2) is 60.8 Å². The molecule has 0 aliphatic heterocycles. The Morgan fingerprint density at radius 1 is 1.20 bits per heavy atom. The van der Waals surface area contributed by atoms with Gasteiger partial charge in [-0.3, -0.25) is 10.1 Å². The molecule has 2 aromatic heterocycles. The van der Waals surface area contributed by atoms with Gasteiger partial charge in [0.2, 0.25) is 0 Å². The number of carbonyl (C=O) groups excluding carboxylic acids is 1. The SMILES string of the molecule is COCc1c(C(=O)Nc2ncc(Cc3cccc(Cl)c3)s2)nnn1-c1ccccc1. The lowest BCUT2D eigenvalue weighted by molar-refractivity contribution is 0.101. The molecule has 0 aliphatic rings. The molecular weight excluding hydrogens is 422 g/mol. The van der Waals surface area contributed by atoms with Crippen LogP contribution in [-0.4, -0.2) is 33.0 Å². The molecule has 0 atom stereocenters. The van der Waals surface area contributed by atoms with Crippen molar-refractivity contribution in [3.05, 3.63) is 87.6 Å². The maximum absolute atomic E-state index is 12.8. The van der Waals surface area contributed by atoms with E-state index in [0.29, 0.717) is 22.3 Å². The molecule has 152 valence electrons. The Balaban J connectivity index is 1.52. The Morgan fingerprint density at radius 3 is 2.80 bits per heavy atom. The molecule has 0 spiro atoms. The van der Waals surface area contributed by atoms with E-state index in [1.54, 1.807) is 18.0 Å². The third kappa shape index (κ3) is 4.56. The molecule has 0 aliphatic carbocycles. The number of benzene rings is 2. The highest BCUT2D eigenvalue weighted by Gasteiger charge is 2.21. The fourth-order valence-corrected chi connectivity index (χ4v) is 4.03. The first-order valence-corrected chi connectivity index (χ1v) is 10.3. The van der Waals surface area contributed by atoms with Crippen molar-refractivity contribution in [3.63, 3.8) is 0 Å². The number of carbonyl (C=O) groups is 1. The second-order valence-corrected chi connectivity index (χ2v) is 8.01. The summed E-state index contributed by atoms with van der Waals surface area (Å²) in [5, 5.41) is 12.2. The minimum absolute atomic E-state index is 0.197. The number of ether oxygens (including phenoxy) is 1. The molecule has 4 aromatic rings. The number of nitrogens with one attached hydrogen (secondary N) is 1. The average Bonchev–Trinajstić information content (AvgIpc) is 3.36. The molecule has 2 aromatic carbocycles. The van der Waals surface area contributed by atoms with Crippen molar-refractivity contribution in [2.24, 2.45) is 0 Å². The van der Waals surface area contributed by atoms with Crippen LogP contribution in [0.2, 0.25) is 5.02 Å². The largest absolute Gasteiger partial charge is 0.378 e. The number of para-hydroxylation sites is 1. The summed E-state index contributed by atoms with van der Waals surface area (Å²) in [6.07, 6.45) is 2.44. The zero-order chi connectivity index (χ0) is 20.9. The van der Waals surface area contributed by atoms with Crippen LogP contribution in [0.25, 0.3) is 5.69 Å². The van der Waals surface area contributed by atoms with Crippen LogP contribution in [0, 0.1) is 0 Å². The van der Waals surface area contributed by atoms with E-state index in [0.717, 1.165) is 16.1 Å². The number of methoxy groups -OCH3 is 1. The van der Waals surface area contributed by atoms with Crippen molar-refractivity contribution in [1.82, 2.24) is 20.0 Å². The van der Waals surface area contributed by atoms with Crippen LogP contribution >= 0.6 is 22.9 Å². The number of nitrogens with zero attached hydrogens (tertiary/aromatic N) is 4. The quantitative estimate of drug-likeness (QED) is 0.462. The maximum atomic E-state index is 12.8. The predicted octanol–water partition coefficient (Wildman–Crippen LogP) is 4.37. The third-order valence-electron chi connectivity index (χ3n) is 4.30. The average molecular weight is 440 g/mol. The van der Waals surface area contributed by atoms with Gasteiger partial charge in [0.25, 0.3) is 5.91 Å². The van der Waals surface area contributed by atoms with Crippen molar-refractivity contribution in [1.29, 1.82) is 0 Å². The fraction of sp³-hybridized carbons (Fsp3) is 0.143. The first-order valence-electron chi connectivity index (χ1n) is 9.13. The van der Waals surface area contributed by atoms with Gasteiger partial charge in [-0.1, -0.05) is 47.1 Å². The summed E-state index contributed by atoms with van der Waals surface area (Å²) in [7, 11) is 1.56. The van der Waals surface area contributed by atoms with Gasteiger partial charge in [0, 0.05) is 29.6 Å². The van der Waals surface area contributed by atoms with Gasteiger partial charge in [0.15, 0.2) is 10.8 Å². The van der Waals surface area contributed by atoms with Gasteiger partial charge in [0.05, 0.1) is 12.3 Å². The molecule has 9 heteroatoms. The van der Waals surface area contributed by atoms with Crippen molar-refractivity contribution in [2.45, 2.75) is 13.0 Å². The van der Waals surface area contributed by atoms with Gasteiger partial charge in [-0.05, 0) is 29.8 Å². The maximum Gasteiger partial charge on any atom is 0.280 e. The van der Waals surface area contributed by atoms with E-state index in [2.05, 4.69) is 20.6 Å². The smallest absolute Gasteiger partial charge is 0.280 e. The van der Waals surface area contributed by atoms with E-state index in [9.17, 15) is 4.79 Å². The van der Waals surface area contributed by atoms with E-state index < -0.39 is 0 Å². The van der Waals surface area contributed by atoms with Crippen LogP contribution < -0.4 is 5.32 Å². The van der Waals surface area contributed by atoms with E-state index in [-0.39, 0.29) is 18.2 Å². The van der Waals surface area contributed by atoms with Gasteiger partial charge in [0.1, 0.15) is 5.69 Å². The van der Waals surface area contributed by atoms with Crippen LogP contribution in [-0.2, 0) is 17.8 Å². The van der Waals surface area contributed by atoms with Crippen LogP contribution in [0.4, 0.5) is 5.13 Å². The highest BCUT2D eigenvalue weighted by Crippen LogP contribution is 2.23. The molecule has 0 unspecified atom stereocenters. The predicted molar refractivity (Wildman–Crippen MR) is 116 cm³/mol. The lowest BCUT2D eigenvalue weighted by Crippen LogP contribution is -2.15.